The molecule has 0 spiro atoms. The fourth-order valence-electron chi connectivity index (χ4n) is 2.32. The Hall–Kier alpha value is -2.24. The SMILES string of the molecule is Cc1nc(-c2cccnc2)sc1C(=O)N[C@@H](C)c1ccc(Cl)cc1. The van der Waals surface area contributed by atoms with Crippen LogP contribution >= 0.6 is 22.9 Å². The van der Waals surface area contributed by atoms with Crippen molar-refractivity contribution < 1.29 is 4.79 Å². The number of nitrogens with one attached hydrogen (secondary N) is 1. The molecular formula is C18H16ClN3OS. The molecule has 1 atom stereocenters. The lowest BCUT2D eigenvalue weighted by molar-refractivity contribution is 0.0943. The van der Waals surface area contributed by atoms with Crippen LogP contribution in [0, 0.1) is 6.92 Å². The number of carbonyl (C=O) groups is 1. The molecule has 2 heterocycles. The van der Waals surface area contributed by atoms with Crippen LogP contribution in [0.4, 0.5) is 0 Å². The lowest BCUT2D eigenvalue weighted by Crippen LogP contribution is -2.26. The molecule has 6 heteroatoms. The molecule has 0 aliphatic heterocycles. The topological polar surface area (TPSA) is 54.9 Å². The van der Waals surface area contributed by atoms with Crippen LogP contribution in [-0.4, -0.2) is 15.9 Å². The molecule has 122 valence electrons. The van der Waals surface area contributed by atoms with E-state index in [2.05, 4.69) is 15.3 Å². The maximum atomic E-state index is 12.6. The summed E-state index contributed by atoms with van der Waals surface area (Å²) in [5, 5.41) is 4.48. The highest BCUT2D eigenvalue weighted by atomic mass is 35.5. The first kappa shape index (κ1) is 16.6. The molecule has 4 nitrogen and oxygen atoms in total. The van der Waals surface area contributed by atoms with Gasteiger partial charge in [-0.15, -0.1) is 11.3 Å². The van der Waals surface area contributed by atoms with Gasteiger partial charge in [0.2, 0.25) is 0 Å². The molecule has 2 aromatic heterocycles. The molecule has 0 fully saturated rings. The quantitative estimate of drug-likeness (QED) is 0.738. The normalized spacial score (nSPS) is 12.0. The van der Waals surface area contributed by atoms with Crippen molar-refractivity contribution in [2.45, 2.75) is 19.9 Å². The van der Waals surface area contributed by atoms with Crippen LogP contribution in [0.25, 0.3) is 10.6 Å². The molecule has 1 N–H and O–H groups in total. The van der Waals surface area contributed by atoms with Gasteiger partial charge >= 0.3 is 0 Å². The number of rotatable bonds is 4. The smallest absolute Gasteiger partial charge is 0.263 e. The number of aromatic nitrogens is 2. The van der Waals surface area contributed by atoms with Crippen LogP contribution in [0.1, 0.15) is 33.9 Å². The number of halogens is 1. The zero-order chi connectivity index (χ0) is 17.1. The molecule has 0 unspecified atom stereocenters. The zero-order valence-electron chi connectivity index (χ0n) is 13.3. The Morgan fingerprint density at radius 3 is 2.67 bits per heavy atom. The summed E-state index contributed by atoms with van der Waals surface area (Å²) in [4.78, 5) is 21.8. The fraction of sp³-hybridized carbons (Fsp3) is 0.167. The number of amides is 1. The van der Waals surface area contributed by atoms with E-state index < -0.39 is 0 Å². The molecular weight excluding hydrogens is 342 g/mol. The van der Waals surface area contributed by atoms with Crippen LogP contribution in [0.15, 0.2) is 48.8 Å². The monoisotopic (exact) mass is 357 g/mol. The Morgan fingerprint density at radius 2 is 2.00 bits per heavy atom. The van der Waals surface area contributed by atoms with E-state index in [4.69, 9.17) is 11.6 Å². The van der Waals surface area contributed by atoms with Crippen LogP contribution in [0.3, 0.4) is 0 Å². The molecule has 3 aromatic rings. The van der Waals surface area contributed by atoms with Crippen LogP contribution in [0.5, 0.6) is 0 Å². The number of benzene rings is 1. The van der Waals surface area contributed by atoms with Crippen molar-refractivity contribution in [3.8, 4) is 10.6 Å². The van der Waals surface area contributed by atoms with Gasteiger partial charge in [0.05, 0.1) is 11.7 Å². The summed E-state index contributed by atoms with van der Waals surface area (Å²) >= 11 is 7.28. The average Bonchev–Trinajstić information content (AvgIpc) is 2.98. The first-order chi connectivity index (χ1) is 11.5. The van der Waals surface area contributed by atoms with Crippen molar-refractivity contribution in [2.24, 2.45) is 0 Å². The van der Waals surface area contributed by atoms with Crippen molar-refractivity contribution in [1.82, 2.24) is 15.3 Å². The molecule has 0 aliphatic rings. The summed E-state index contributed by atoms with van der Waals surface area (Å²) < 4.78 is 0. The van der Waals surface area contributed by atoms with Crippen molar-refractivity contribution >= 4 is 28.8 Å². The minimum absolute atomic E-state index is 0.113. The Morgan fingerprint density at radius 1 is 1.25 bits per heavy atom. The highest BCUT2D eigenvalue weighted by Crippen LogP contribution is 2.27. The standard InChI is InChI=1S/C18H16ClN3OS/c1-11(13-5-7-15(19)8-6-13)21-17(23)16-12(2)22-18(24-16)14-4-3-9-20-10-14/h3-11H,1-2H3,(H,21,23)/t11-/m0/s1. The lowest BCUT2D eigenvalue weighted by Gasteiger charge is -2.13. The molecule has 1 aromatic carbocycles. The minimum atomic E-state index is -0.123. The number of hydrogen-bond acceptors (Lipinski definition) is 4. The van der Waals surface area contributed by atoms with E-state index in [0.29, 0.717) is 9.90 Å². The Bertz CT molecular complexity index is 846. The third-order valence-electron chi connectivity index (χ3n) is 3.63. The molecule has 0 saturated carbocycles. The molecule has 1 amide bonds. The molecule has 24 heavy (non-hydrogen) atoms. The average molecular weight is 358 g/mol. The van der Waals surface area contributed by atoms with Gasteiger partial charge in [-0.2, -0.15) is 0 Å². The number of carbonyl (C=O) groups excluding carboxylic acids is 1. The minimum Gasteiger partial charge on any atom is -0.345 e. The van der Waals surface area contributed by atoms with Gasteiger partial charge < -0.3 is 5.32 Å². The van der Waals surface area contributed by atoms with E-state index in [-0.39, 0.29) is 11.9 Å². The van der Waals surface area contributed by atoms with Crippen LogP contribution in [-0.2, 0) is 0 Å². The van der Waals surface area contributed by atoms with E-state index in [9.17, 15) is 4.79 Å². The van der Waals surface area contributed by atoms with Gasteiger partial charge in [-0.3, -0.25) is 9.78 Å². The van der Waals surface area contributed by atoms with Gasteiger partial charge in [0, 0.05) is 23.0 Å². The first-order valence-electron chi connectivity index (χ1n) is 7.49. The van der Waals surface area contributed by atoms with Gasteiger partial charge in [0.1, 0.15) is 9.88 Å². The highest BCUT2D eigenvalue weighted by Gasteiger charge is 2.18. The van der Waals surface area contributed by atoms with Gasteiger partial charge in [0.15, 0.2) is 0 Å². The van der Waals surface area contributed by atoms with E-state index in [1.807, 2.05) is 50.2 Å². The number of hydrogen-bond donors (Lipinski definition) is 1. The largest absolute Gasteiger partial charge is 0.345 e. The van der Waals surface area contributed by atoms with Crippen LogP contribution < -0.4 is 5.32 Å². The second kappa shape index (κ2) is 7.11. The summed E-state index contributed by atoms with van der Waals surface area (Å²) in [7, 11) is 0. The van der Waals surface area contributed by atoms with Gasteiger partial charge in [-0.05, 0) is 43.7 Å². The maximum Gasteiger partial charge on any atom is 0.263 e. The van der Waals surface area contributed by atoms with E-state index in [1.165, 1.54) is 11.3 Å². The predicted octanol–water partition coefficient (Wildman–Crippen LogP) is 4.66. The number of pyridine rings is 1. The van der Waals surface area contributed by atoms with Crippen molar-refractivity contribution in [3.63, 3.8) is 0 Å². The maximum absolute atomic E-state index is 12.6. The number of aryl methyl sites for hydroxylation is 1. The van der Waals surface area contributed by atoms with Crippen LogP contribution in [0.2, 0.25) is 5.02 Å². The van der Waals surface area contributed by atoms with E-state index in [0.717, 1.165) is 21.8 Å². The highest BCUT2D eigenvalue weighted by molar-refractivity contribution is 7.17. The van der Waals surface area contributed by atoms with Crippen molar-refractivity contribution in [1.29, 1.82) is 0 Å². The summed E-state index contributed by atoms with van der Waals surface area (Å²) in [6.07, 6.45) is 3.46. The molecule has 0 radical (unpaired) electrons. The third kappa shape index (κ3) is 3.63. The molecule has 0 bridgehead atoms. The summed E-state index contributed by atoms with van der Waals surface area (Å²) in [6.45, 7) is 3.79. The summed E-state index contributed by atoms with van der Waals surface area (Å²) in [5.41, 5.74) is 2.64. The molecule has 3 rings (SSSR count). The summed E-state index contributed by atoms with van der Waals surface area (Å²) in [5.74, 6) is -0.123. The lowest BCUT2D eigenvalue weighted by atomic mass is 10.1. The van der Waals surface area contributed by atoms with Gasteiger partial charge in [0.25, 0.3) is 5.91 Å². The Balaban J connectivity index is 1.78. The predicted molar refractivity (Wildman–Crippen MR) is 97.4 cm³/mol. The van der Waals surface area contributed by atoms with E-state index >= 15 is 0 Å². The molecule has 0 aliphatic carbocycles. The van der Waals surface area contributed by atoms with Crippen molar-refractivity contribution in [2.75, 3.05) is 0 Å². The number of nitrogens with zero attached hydrogens (tertiary/aromatic N) is 2. The van der Waals surface area contributed by atoms with E-state index in [1.54, 1.807) is 12.4 Å². The Kier molecular flexibility index (Phi) is 4.92. The number of thiazole rings is 1. The second-order valence-corrected chi connectivity index (χ2v) is 6.86. The summed E-state index contributed by atoms with van der Waals surface area (Å²) in [6, 6.07) is 11.1. The molecule has 0 saturated heterocycles. The fourth-order valence-corrected chi connectivity index (χ4v) is 3.40. The zero-order valence-corrected chi connectivity index (χ0v) is 14.9. The third-order valence-corrected chi connectivity index (χ3v) is 5.09. The first-order valence-corrected chi connectivity index (χ1v) is 8.68. The van der Waals surface area contributed by atoms with Crippen molar-refractivity contribution in [3.05, 3.63) is 69.9 Å². The Labute approximate surface area is 149 Å². The second-order valence-electron chi connectivity index (χ2n) is 5.42. The van der Waals surface area contributed by atoms with Gasteiger partial charge in [-0.25, -0.2) is 4.98 Å². The van der Waals surface area contributed by atoms with Gasteiger partial charge in [-0.1, -0.05) is 23.7 Å².